The fourth-order valence-electron chi connectivity index (χ4n) is 4.08. The molecule has 1 heterocycles. The van der Waals surface area contributed by atoms with Gasteiger partial charge in [0.15, 0.2) is 0 Å². The van der Waals surface area contributed by atoms with E-state index in [4.69, 9.17) is 16.3 Å². The predicted molar refractivity (Wildman–Crippen MR) is 130 cm³/mol. The van der Waals surface area contributed by atoms with Gasteiger partial charge < -0.3 is 15.0 Å². The molecule has 1 atom stereocenters. The highest BCUT2D eigenvalue weighted by Gasteiger charge is 2.34. The monoisotopic (exact) mass is 499 g/mol. The number of halogens is 3. The topological polar surface area (TPSA) is 61.9 Å². The Kier molecular flexibility index (Phi) is 6.93. The lowest BCUT2D eigenvalue weighted by Crippen LogP contribution is -2.46. The summed E-state index contributed by atoms with van der Waals surface area (Å²) >= 11 is 6.21. The molecule has 1 unspecified atom stereocenters. The van der Waals surface area contributed by atoms with Gasteiger partial charge in [0.1, 0.15) is 17.4 Å². The Bertz CT molecular complexity index is 1280. The van der Waals surface area contributed by atoms with Gasteiger partial charge in [-0.15, -0.1) is 0 Å². The van der Waals surface area contributed by atoms with E-state index in [1.807, 2.05) is 6.92 Å². The second-order valence-corrected chi connectivity index (χ2v) is 8.68. The van der Waals surface area contributed by atoms with E-state index in [0.717, 1.165) is 5.56 Å². The van der Waals surface area contributed by atoms with Gasteiger partial charge in [0.25, 0.3) is 5.91 Å². The molecule has 0 fully saturated rings. The van der Waals surface area contributed by atoms with Gasteiger partial charge >= 0.3 is 6.03 Å². The van der Waals surface area contributed by atoms with Gasteiger partial charge in [0, 0.05) is 41.4 Å². The van der Waals surface area contributed by atoms with E-state index in [2.05, 4.69) is 5.32 Å². The van der Waals surface area contributed by atoms with Crippen molar-refractivity contribution in [2.75, 3.05) is 19.1 Å². The van der Waals surface area contributed by atoms with Crippen LogP contribution in [0.25, 0.3) is 0 Å². The standard InChI is InChI=1S/C26H24ClF2N3O3/c1-15-19-10-8-16(25(33)30-13-17-7-9-18(28)12-24(17)35-3)11-23(19)32(26(34)31(15)2)14-20-21(27)5-4-6-22(20)29/h4-12,15H,13-14H2,1-3H3,(H,30,33). The molecule has 1 aliphatic rings. The minimum atomic E-state index is -0.518. The first-order valence-corrected chi connectivity index (χ1v) is 11.3. The highest BCUT2D eigenvalue weighted by molar-refractivity contribution is 6.31. The summed E-state index contributed by atoms with van der Waals surface area (Å²) in [5.74, 6) is -1.02. The van der Waals surface area contributed by atoms with Crippen LogP contribution in [-0.4, -0.2) is 31.0 Å². The SMILES string of the molecule is COc1cc(F)ccc1CNC(=O)c1ccc2c(c1)N(Cc1c(F)cccc1Cl)C(=O)N(C)C2C. The molecule has 35 heavy (non-hydrogen) atoms. The lowest BCUT2D eigenvalue weighted by Gasteiger charge is -2.39. The van der Waals surface area contributed by atoms with Gasteiger partial charge in [-0.25, -0.2) is 13.6 Å². The van der Waals surface area contributed by atoms with Crippen LogP contribution in [0, 0.1) is 11.6 Å². The molecule has 3 aromatic rings. The smallest absolute Gasteiger partial charge is 0.325 e. The van der Waals surface area contributed by atoms with E-state index >= 15 is 0 Å². The number of carbonyl (C=O) groups is 2. The van der Waals surface area contributed by atoms with Crippen LogP contribution < -0.4 is 15.0 Å². The van der Waals surface area contributed by atoms with Gasteiger partial charge in [0.2, 0.25) is 0 Å². The number of benzene rings is 3. The summed E-state index contributed by atoms with van der Waals surface area (Å²) in [6.45, 7) is 1.91. The summed E-state index contributed by atoms with van der Waals surface area (Å²) < 4.78 is 33.1. The zero-order valence-electron chi connectivity index (χ0n) is 19.4. The zero-order valence-corrected chi connectivity index (χ0v) is 20.2. The van der Waals surface area contributed by atoms with Crippen molar-refractivity contribution < 1.29 is 23.1 Å². The van der Waals surface area contributed by atoms with Crippen LogP contribution >= 0.6 is 11.6 Å². The summed E-state index contributed by atoms with van der Waals surface area (Å²) in [5.41, 5.74) is 2.44. The minimum Gasteiger partial charge on any atom is -0.496 e. The summed E-state index contributed by atoms with van der Waals surface area (Å²) in [6, 6.07) is 12.9. The van der Waals surface area contributed by atoms with Gasteiger partial charge in [0.05, 0.1) is 25.4 Å². The second kappa shape index (κ2) is 9.92. The number of anilines is 1. The number of nitrogens with one attached hydrogen (secondary N) is 1. The van der Waals surface area contributed by atoms with Gasteiger partial charge in [-0.3, -0.25) is 9.69 Å². The first-order valence-electron chi connectivity index (χ1n) is 10.9. The second-order valence-electron chi connectivity index (χ2n) is 8.27. The highest BCUT2D eigenvalue weighted by Crippen LogP contribution is 2.38. The highest BCUT2D eigenvalue weighted by atomic mass is 35.5. The third-order valence-corrected chi connectivity index (χ3v) is 6.57. The fraction of sp³-hybridized carbons (Fsp3) is 0.231. The maximum absolute atomic E-state index is 14.5. The molecule has 3 aromatic carbocycles. The van der Waals surface area contributed by atoms with Crippen molar-refractivity contribution in [1.29, 1.82) is 0 Å². The number of methoxy groups -OCH3 is 1. The number of fused-ring (bicyclic) bond motifs is 1. The molecule has 9 heteroatoms. The van der Waals surface area contributed by atoms with Gasteiger partial charge in [-0.05, 0) is 42.8 Å². The average molecular weight is 500 g/mol. The molecule has 0 bridgehead atoms. The Morgan fingerprint density at radius 2 is 1.91 bits per heavy atom. The van der Waals surface area contributed by atoms with Crippen LogP contribution in [0.1, 0.15) is 40.0 Å². The Morgan fingerprint density at radius 3 is 2.63 bits per heavy atom. The number of amides is 3. The molecule has 3 amide bonds. The van der Waals surface area contributed by atoms with Crippen LogP contribution in [0.5, 0.6) is 5.75 Å². The van der Waals surface area contributed by atoms with Gasteiger partial charge in [-0.1, -0.05) is 29.8 Å². The van der Waals surface area contributed by atoms with E-state index in [1.165, 1.54) is 42.3 Å². The third-order valence-electron chi connectivity index (χ3n) is 6.21. The molecule has 0 saturated heterocycles. The maximum atomic E-state index is 14.5. The normalized spacial score (nSPS) is 15.1. The van der Waals surface area contributed by atoms with Crippen molar-refractivity contribution >= 4 is 29.2 Å². The first kappa shape index (κ1) is 24.5. The minimum absolute atomic E-state index is 0.0910. The van der Waals surface area contributed by atoms with Crippen LogP contribution in [0.3, 0.4) is 0 Å². The zero-order chi connectivity index (χ0) is 25.3. The number of hydrogen-bond donors (Lipinski definition) is 1. The molecule has 0 saturated carbocycles. The number of nitrogens with zero attached hydrogens (tertiary/aromatic N) is 2. The summed E-state index contributed by atoms with van der Waals surface area (Å²) in [4.78, 5) is 29.1. The Morgan fingerprint density at radius 1 is 1.14 bits per heavy atom. The van der Waals surface area contributed by atoms with Crippen molar-refractivity contribution in [3.05, 3.63) is 93.5 Å². The Balaban J connectivity index is 1.64. The molecule has 0 radical (unpaired) electrons. The molecule has 182 valence electrons. The largest absolute Gasteiger partial charge is 0.496 e. The quantitative estimate of drug-likeness (QED) is 0.474. The van der Waals surface area contributed by atoms with E-state index in [-0.39, 0.29) is 41.7 Å². The molecular formula is C26H24ClF2N3O3. The van der Waals surface area contributed by atoms with Crippen LogP contribution in [0.15, 0.2) is 54.6 Å². The van der Waals surface area contributed by atoms with Crippen LogP contribution in [0.2, 0.25) is 5.02 Å². The molecule has 1 N–H and O–H groups in total. The van der Waals surface area contributed by atoms with Crippen molar-refractivity contribution in [2.24, 2.45) is 0 Å². The number of hydrogen-bond acceptors (Lipinski definition) is 3. The predicted octanol–water partition coefficient (Wildman–Crippen LogP) is 5.69. The van der Waals surface area contributed by atoms with Crippen molar-refractivity contribution in [2.45, 2.75) is 26.1 Å². The number of urea groups is 1. The molecule has 0 aromatic heterocycles. The van der Waals surface area contributed by atoms with Crippen molar-refractivity contribution in [1.82, 2.24) is 10.2 Å². The Hall–Kier alpha value is -3.65. The molecule has 0 spiro atoms. The van der Waals surface area contributed by atoms with E-state index < -0.39 is 11.6 Å². The lowest BCUT2D eigenvalue weighted by atomic mass is 9.98. The summed E-state index contributed by atoms with van der Waals surface area (Å²) in [7, 11) is 3.10. The fourth-order valence-corrected chi connectivity index (χ4v) is 4.30. The van der Waals surface area contributed by atoms with Crippen LogP contribution in [0.4, 0.5) is 19.3 Å². The molecule has 6 nitrogen and oxygen atoms in total. The average Bonchev–Trinajstić information content (AvgIpc) is 2.85. The molecule has 0 aliphatic carbocycles. The number of ether oxygens (including phenoxy) is 1. The van der Waals surface area contributed by atoms with E-state index in [9.17, 15) is 18.4 Å². The molecule has 1 aliphatic heterocycles. The van der Waals surface area contributed by atoms with E-state index in [0.29, 0.717) is 22.6 Å². The summed E-state index contributed by atoms with van der Waals surface area (Å²) in [5, 5.41) is 3.00. The number of rotatable bonds is 6. The lowest BCUT2D eigenvalue weighted by molar-refractivity contribution is 0.0950. The third kappa shape index (κ3) is 4.79. The van der Waals surface area contributed by atoms with Crippen molar-refractivity contribution in [3.63, 3.8) is 0 Å². The van der Waals surface area contributed by atoms with E-state index in [1.54, 1.807) is 36.2 Å². The van der Waals surface area contributed by atoms with Gasteiger partial charge in [-0.2, -0.15) is 0 Å². The molecular weight excluding hydrogens is 476 g/mol. The summed E-state index contributed by atoms with van der Waals surface area (Å²) in [6.07, 6.45) is 0. The maximum Gasteiger partial charge on any atom is 0.325 e. The Labute approximate surface area is 207 Å². The number of carbonyl (C=O) groups excluding carboxylic acids is 2. The molecule has 4 rings (SSSR count). The van der Waals surface area contributed by atoms with Crippen molar-refractivity contribution in [3.8, 4) is 5.75 Å². The first-order chi connectivity index (χ1) is 16.7. The van der Waals surface area contributed by atoms with Crippen LogP contribution in [-0.2, 0) is 13.1 Å².